The minimum absolute atomic E-state index is 0. The number of carbonyl (C=O) groups excluding carboxylic acids is 2. The number of hydrogen-bond acceptors (Lipinski definition) is 6. The molecule has 0 aliphatic heterocycles. The zero-order valence-corrected chi connectivity index (χ0v) is 22.5. The van der Waals surface area contributed by atoms with Gasteiger partial charge in [-0.1, -0.05) is 0 Å². The van der Waals surface area contributed by atoms with Crippen LogP contribution in [0.5, 0.6) is 11.8 Å². The number of rotatable bonds is 8. The zero-order chi connectivity index (χ0) is 26.6. The molecule has 2 saturated carbocycles. The molecular weight excluding hydrogens is 711 g/mol. The summed E-state index contributed by atoms with van der Waals surface area (Å²) in [6.07, 6.45) is -4.00. The van der Waals surface area contributed by atoms with Gasteiger partial charge in [0.2, 0.25) is 11.8 Å². The number of ether oxygens (including phenoxy) is 2. The maximum atomic E-state index is 12.5. The fourth-order valence-corrected chi connectivity index (χ4v) is 3.01. The van der Waals surface area contributed by atoms with Crippen molar-refractivity contribution in [2.24, 2.45) is 10.8 Å². The molecule has 8 nitrogen and oxygen atoms in total. The second-order valence-electron chi connectivity index (χ2n) is 7.68. The number of nitrogens with one attached hydrogen (secondary N) is 2. The smallest absolute Gasteiger partial charge is 0.394 e. The van der Waals surface area contributed by atoms with Gasteiger partial charge in [-0.05, 0) is 39.9 Å². The first-order valence-corrected chi connectivity index (χ1v) is 9.86. The van der Waals surface area contributed by atoms with Gasteiger partial charge < -0.3 is 9.47 Å². The second kappa shape index (κ2) is 14.0. The van der Waals surface area contributed by atoms with Crippen LogP contribution < -0.4 is 9.47 Å². The molecular formula is C19H23BF6N4O4U. The molecule has 192 valence electrons. The van der Waals surface area contributed by atoms with Crippen molar-refractivity contribution in [3.63, 3.8) is 0 Å². The molecule has 16 heteroatoms. The first-order chi connectivity index (χ1) is 16.5. The maximum absolute atomic E-state index is 12.5. The molecule has 2 fully saturated rings. The Hall–Kier alpha value is -1.90. The van der Waals surface area contributed by atoms with Crippen LogP contribution in [0.1, 0.15) is 38.5 Å². The van der Waals surface area contributed by atoms with Crippen molar-refractivity contribution in [3.05, 3.63) is 24.5 Å². The van der Waals surface area contributed by atoms with Crippen LogP contribution in [-0.4, -0.2) is 61.8 Å². The van der Waals surface area contributed by atoms with Gasteiger partial charge in [-0.2, -0.15) is 46.1 Å². The first-order valence-electron chi connectivity index (χ1n) is 10.4. The Morgan fingerprint density at radius 2 is 1.17 bits per heavy atom. The Morgan fingerprint density at radius 1 is 0.857 bits per heavy atom. The SMILES string of the molecule is FC(F)(F)C1(CCOc2ccn[nH]2)CC1.FC(F)(F)C1(CCOc2ccn[nH]2)CC1.O=C=O.[2H][B].[U]. The van der Waals surface area contributed by atoms with Crippen molar-refractivity contribution in [1.29, 1.82) is 1.34 Å². The van der Waals surface area contributed by atoms with Crippen LogP contribution in [-0.2, 0) is 9.59 Å². The summed E-state index contributed by atoms with van der Waals surface area (Å²) in [6, 6.07) is 3.15. The van der Waals surface area contributed by atoms with Gasteiger partial charge in [0.25, 0.3) is 0 Å². The number of hydrogen-bond donors (Lipinski definition) is 2. The van der Waals surface area contributed by atoms with Crippen LogP contribution in [0.3, 0.4) is 0 Å². The molecule has 0 spiro atoms. The molecule has 0 amide bonds. The number of halogens is 6. The molecule has 0 bridgehead atoms. The number of H-pyrrole nitrogens is 2. The molecule has 2 radical (unpaired) electrons. The van der Waals surface area contributed by atoms with E-state index >= 15 is 0 Å². The van der Waals surface area contributed by atoms with E-state index in [0.717, 1.165) is 0 Å². The molecule has 2 N–H and O–H groups in total. The summed E-state index contributed by atoms with van der Waals surface area (Å²) in [4.78, 5) is 16.2. The van der Waals surface area contributed by atoms with E-state index in [1.54, 1.807) is 12.1 Å². The predicted molar refractivity (Wildman–Crippen MR) is 105 cm³/mol. The zero-order valence-electron chi connectivity index (χ0n) is 19.3. The molecule has 2 aromatic rings. The van der Waals surface area contributed by atoms with E-state index in [1.807, 2.05) is 0 Å². The molecule has 35 heavy (non-hydrogen) atoms. The van der Waals surface area contributed by atoms with Crippen LogP contribution in [0.2, 0.25) is 0 Å². The molecule has 2 aromatic heterocycles. The third-order valence-electron chi connectivity index (χ3n) is 5.54. The Bertz CT molecular complexity index is 807. The fraction of sp³-hybridized carbons (Fsp3) is 0.632. The summed E-state index contributed by atoms with van der Waals surface area (Å²) in [5.41, 5.74) is -2.96. The Kier molecular flexibility index (Phi) is 12.4. The summed E-state index contributed by atoms with van der Waals surface area (Å²) in [5, 5.41) is 12.3. The third kappa shape index (κ3) is 9.93. The fourth-order valence-electron chi connectivity index (χ4n) is 3.01. The molecule has 0 saturated heterocycles. The average molecular weight is 735 g/mol. The van der Waals surface area contributed by atoms with Crippen LogP contribution in [0.25, 0.3) is 0 Å². The third-order valence-corrected chi connectivity index (χ3v) is 5.54. The van der Waals surface area contributed by atoms with Gasteiger partial charge >= 0.3 is 18.5 Å². The molecule has 0 aromatic carbocycles. The van der Waals surface area contributed by atoms with E-state index in [2.05, 4.69) is 28.8 Å². The Balaban J connectivity index is 0.000000565. The van der Waals surface area contributed by atoms with Crippen LogP contribution in [0.4, 0.5) is 26.3 Å². The van der Waals surface area contributed by atoms with Crippen LogP contribution in [0, 0.1) is 41.9 Å². The molecule has 2 aliphatic rings. The number of aromatic nitrogens is 4. The average Bonchev–Trinajstić information content (AvgIpc) is 3.64. The van der Waals surface area contributed by atoms with E-state index in [0.29, 0.717) is 11.8 Å². The van der Waals surface area contributed by atoms with Crippen molar-refractivity contribution in [3.8, 4) is 11.8 Å². The quantitative estimate of drug-likeness (QED) is 0.316. The van der Waals surface area contributed by atoms with Gasteiger partial charge in [0.1, 0.15) is 0 Å². The Morgan fingerprint density at radius 3 is 1.37 bits per heavy atom. The van der Waals surface area contributed by atoms with Crippen molar-refractivity contribution in [2.75, 3.05) is 13.2 Å². The van der Waals surface area contributed by atoms with E-state index in [4.69, 9.17) is 20.4 Å². The van der Waals surface area contributed by atoms with E-state index < -0.39 is 23.2 Å². The summed E-state index contributed by atoms with van der Waals surface area (Å²) >= 11 is 0. The standard InChI is InChI=1S/2C9H11F3N2O.CO2.BH.U/c2*10-9(11,12)8(2-3-8)4-6-15-7-1-5-13-14-7;2-1-3;;/h2*1,5H,2-4,6H2,(H,13,14);;1H;/i;;;1D;. The van der Waals surface area contributed by atoms with Crippen molar-refractivity contribution in [2.45, 2.75) is 50.9 Å². The summed E-state index contributed by atoms with van der Waals surface area (Å²) in [7, 11) is 3.75. The predicted octanol–water partition coefficient (Wildman–Crippen LogP) is 3.81. The van der Waals surface area contributed by atoms with E-state index in [9.17, 15) is 26.3 Å². The van der Waals surface area contributed by atoms with Gasteiger partial charge in [0, 0.05) is 51.6 Å². The maximum Gasteiger partial charge on any atom is 0.394 e. The van der Waals surface area contributed by atoms with Crippen molar-refractivity contribution in [1.82, 2.24) is 20.4 Å². The molecule has 2 heterocycles. The number of alkyl halides is 6. The minimum atomic E-state index is -4.09. The largest absolute Gasteiger partial charge is 0.478 e. The Labute approximate surface area is 223 Å². The van der Waals surface area contributed by atoms with Crippen molar-refractivity contribution >= 4 is 14.5 Å². The molecule has 2 aliphatic carbocycles. The number of aromatic amines is 2. The number of nitrogens with zero attached hydrogens (tertiary/aromatic N) is 2. The van der Waals surface area contributed by atoms with Crippen molar-refractivity contribution < 1.29 is 76.5 Å². The van der Waals surface area contributed by atoms with Gasteiger partial charge in [-0.3, -0.25) is 0 Å². The van der Waals surface area contributed by atoms with Crippen LogP contribution in [0.15, 0.2) is 24.5 Å². The van der Waals surface area contributed by atoms with Gasteiger partial charge in [0.05, 0.1) is 36.4 Å². The van der Waals surface area contributed by atoms with Gasteiger partial charge in [0.15, 0.2) is 0 Å². The van der Waals surface area contributed by atoms with Gasteiger partial charge in [-0.15, -0.1) is 0 Å². The molecule has 0 unspecified atom stereocenters. The minimum Gasteiger partial charge on any atom is -0.478 e. The summed E-state index contributed by atoms with van der Waals surface area (Å²) in [5.74, 6) is 0.820. The normalized spacial score (nSPS) is 16.6. The summed E-state index contributed by atoms with van der Waals surface area (Å²) < 4.78 is 90.4. The monoisotopic (exact) mass is 735 g/mol. The van der Waals surface area contributed by atoms with E-state index in [-0.39, 0.29) is 89.0 Å². The molecule has 4 rings (SSSR count). The van der Waals surface area contributed by atoms with E-state index in [1.165, 1.54) is 12.4 Å². The second-order valence-corrected chi connectivity index (χ2v) is 7.68. The first kappa shape index (κ1) is 31.1. The molecule has 0 atom stereocenters. The van der Waals surface area contributed by atoms with Gasteiger partial charge in [-0.25, -0.2) is 10.2 Å². The summed E-state index contributed by atoms with van der Waals surface area (Å²) in [6.45, 7) is 0.142. The topological polar surface area (TPSA) is 110 Å². The van der Waals surface area contributed by atoms with Crippen LogP contribution >= 0.6 is 0 Å².